The summed E-state index contributed by atoms with van der Waals surface area (Å²) in [5.74, 6) is -0.580. The van der Waals surface area contributed by atoms with E-state index >= 15 is 0 Å². The summed E-state index contributed by atoms with van der Waals surface area (Å²) in [7, 11) is 0. The van der Waals surface area contributed by atoms with E-state index in [-0.39, 0.29) is 17.9 Å². The van der Waals surface area contributed by atoms with Crippen molar-refractivity contribution in [3.8, 4) is 0 Å². The van der Waals surface area contributed by atoms with Gasteiger partial charge in [0.25, 0.3) is 5.91 Å². The van der Waals surface area contributed by atoms with E-state index in [2.05, 4.69) is 5.32 Å². The van der Waals surface area contributed by atoms with Gasteiger partial charge in [-0.15, -0.1) is 0 Å². The minimum Gasteiger partial charge on any atom is -0.349 e. The van der Waals surface area contributed by atoms with Gasteiger partial charge in [-0.25, -0.2) is 4.39 Å². The van der Waals surface area contributed by atoms with Gasteiger partial charge in [-0.1, -0.05) is 36.4 Å². The molecular formula is C20H21FN2O2. The van der Waals surface area contributed by atoms with Crippen molar-refractivity contribution in [1.82, 2.24) is 10.2 Å². The summed E-state index contributed by atoms with van der Waals surface area (Å²) in [6.07, 6.45) is 1.82. The summed E-state index contributed by atoms with van der Waals surface area (Å²) in [6, 6.07) is 15.4. The van der Waals surface area contributed by atoms with E-state index in [4.69, 9.17) is 0 Å². The Bertz CT molecular complexity index is 740. The van der Waals surface area contributed by atoms with Crippen molar-refractivity contribution in [2.45, 2.75) is 25.3 Å². The van der Waals surface area contributed by atoms with Crippen LogP contribution in [-0.2, 0) is 11.2 Å². The summed E-state index contributed by atoms with van der Waals surface area (Å²) in [5.41, 5.74) is 1.33. The highest BCUT2D eigenvalue weighted by atomic mass is 19.1. The number of halogens is 1. The number of amides is 2. The molecule has 1 heterocycles. The number of benzene rings is 2. The van der Waals surface area contributed by atoms with Gasteiger partial charge in [0.1, 0.15) is 5.82 Å². The highest BCUT2D eigenvalue weighted by Crippen LogP contribution is 2.14. The van der Waals surface area contributed by atoms with E-state index in [1.54, 1.807) is 6.07 Å². The molecule has 0 saturated carbocycles. The molecule has 130 valence electrons. The Hall–Kier alpha value is -2.69. The fourth-order valence-corrected chi connectivity index (χ4v) is 3.05. The van der Waals surface area contributed by atoms with Crippen molar-refractivity contribution in [1.29, 1.82) is 0 Å². The van der Waals surface area contributed by atoms with E-state index in [0.717, 1.165) is 5.56 Å². The molecule has 5 heteroatoms. The van der Waals surface area contributed by atoms with Crippen LogP contribution < -0.4 is 5.32 Å². The second-order valence-corrected chi connectivity index (χ2v) is 6.30. The lowest BCUT2D eigenvalue weighted by Crippen LogP contribution is -2.47. The second kappa shape index (κ2) is 7.92. The number of piperidine rings is 1. The maximum atomic E-state index is 13.2. The van der Waals surface area contributed by atoms with Gasteiger partial charge in [-0.05, 0) is 36.6 Å². The molecule has 0 aliphatic carbocycles. The van der Waals surface area contributed by atoms with Crippen molar-refractivity contribution in [3.63, 3.8) is 0 Å². The third-order valence-corrected chi connectivity index (χ3v) is 4.47. The highest BCUT2D eigenvalue weighted by Gasteiger charge is 2.24. The molecule has 0 unspecified atom stereocenters. The highest BCUT2D eigenvalue weighted by molar-refractivity contribution is 5.94. The van der Waals surface area contributed by atoms with E-state index in [0.29, 0.717) is 37.9 Å². The summed E-state index contributed by atoms with van der Waals surface area (Å²) < 4.78 is 13.2. The van der Waals surface area contributed by atoms with Crippen molar-refractivity contribution in [3.05, 3.63) is 71.5 Å². The Balaban J connectivity index is 1.48. The molecule has 1 aliphatic heterocycles. The quantitative estimate of drug-likeness (QED) is 0.930. The monoisotopic (exact) mass is 340 g/mol. The number of hydrogen-bond donors (Lipinski definition) is 1. The van der Waals surface area contributed by atoms with Crippen LogP contribution in [-0.4, -0.2) is 35.8 Å². The Morgan fingerprint density at radius 3 is 2.44 bits per heavy atom. The minimum absolute atomic E-state index is 0.0107. The van der Waals surface area contributed by atoms with Gasteiger partial charge in [0.15, 0.2) is 0 Å². The normalized spacial score (nSPS) is 15.0. The maximum absolute atomic E-state index is 13.2. The molecule has 0 bridgehead atoms. The molecule has 2 aromatic rings. The van der Waals surface area contributed by atoms with Crippen LogP contribution in [0.3, 0.4) is 0 Å². The van der Waals surface area contributed by atoms with Gasteiger partial charge in [-0.3, -0.25) is 9.59 Å². The molecule has 4 nitrogen and oxygen atoms in total. The predicted octanol–water partition coefficient (Wildman–Crippen LogP) is 2.79. The zero-order valence-corrected chi connectivity index (χ0v) is 14.0. The molecule has 1 N–H and O–H groups in total. The van der Waals surface area contributed by atoms with E-state index in [1.807, 2.05) is 35.2 Å². The van der Waals surface area contributed by atoms with E-state index in [9.17, 15) is 14.0 Å². The molecule has 0 aromatic heterocycles. The Morgan fingerprint density at radius 2 is 1.76 bits per heavy atom. The lowest BCUT2D eigenvalue weighted by atomic mass is 10.0. The van der Waals surface area contributed by atoms with Gasteiger partial charge in [-0.2, -0.15) is 0 Å². The molecule has 25 heavy (non-hydrogen) atoms. The maximum Gasteiger partial charge on any atom is 0.251 e. The minimum atomic E-state index is -0.422. The standard InChI is InChI=1S/C20H21FN2O2/c21-17-8-4-7-16(14-17)20(25)22-18-9-11-23(12-10-18)19(24)13-15-5-2-1-3-6-15/h1-8,14,18H,9-13H2,(H,22,25). The molecule has 0 atom stereocenters. The van der Waals surface area contributed by atoms with Crippen molar-refractivity contribution in [2.75, 3.05) is 13.1 Å². The van der Waals surface area contributed by atoms with Crippen molar-refractivity contribution < 1.29 is 14.0 Å². The summed E-state index contributed by atoms with van der Waals surface area (Å²) in [4.78, 5) is 26.4. The Morgan fingerprint density at radius 1 is 1.04 bits per heavy atom. The van der Waals surface area contributed by atoms with Gasteiger partial charge < -0.3 is 10.2 Å². The topological polar surface area (TPSA) is 49.4 Å². The van der Waals surface area contributed by atoms with Crippen LogP contribution in [0.15, 0.2) is 54.6 Å². The molecule has 1 aliphatic rings. The zero-order valence-electron chi connectivity index (χ0n) is 14.0. The summed E-state index contributed by atoms with van der Waals surface area (Å²) >= 11 is 0. The van der Waals surface area contributed by atoms with Crippen LogP contribution >= 0.6 is 0 Å². The number of carbonyl (C=O) groups excluding carboxylic acids is 2. The number of carbonyl (C=O) groups is 2. The molecule has 0 spiro atoms. The molecule has 0 radical (unpaired) electrons. The zero-order chi connectivity index (χ0) is 17.6. The van der Waals surface area contributed by atoms with E-state index < -0.39 is 5.82 Å². The summed E-state index contributed by atoms with van der Waals surface area (Å²) in [5, 5.41) is 2.93. The first-order valence-electron chi connectivity index (χ1n) is 8.50. The smallest absolute Gasteiger partial charge is 0.251 e. The van der Waals surface area contributed by atoms with Crippen LogP contribution in [0.1, 0.15) is 28.8 Å². The molecule has 2 aromatic carbocycles. The van der Waals surface area contributed by atoms with Crippen LogP contribution in [0.4, 0.5) is 4.39 Å². The van der Waals surface area contributed by atoms with Crippen LogP contribution in [0.25, 0.3) is 0 Å². The molecular weight excluding hydrogens is 319 g/mol. The van der Waals surface area contributed by atoms with E-state index in [1.165, 1.54) is 18.2 Å². The average molecular weight is 340 g/mol. The second-order valence-electron chi connectivity index (χ2n) is 6.30. The summed E-state index contributed by atoms with van der Waals surface area (Å²) in [6.45, 7) is 1.25. The third-order valence-electron chi connectivity index (χ3n) is 4.47. The first-order chi connectivity index (χ1) is 12.1. The van der Waals surface area contributed by atoms with Crippen LogP contribution in [0.5, 0.6) is 0 Å². The molecule has 1 fully saturated rings. The lowest BCUT2D eigenvalue weighted by Gasteiger charge is -2.32. The third kappa shape index (κ3) is 4.66. The Kier molecular flexibility index (Phi) is 5.43. The first kappa shape index (κ1) is 17.1. The first-order valence-corrected chi connectivity index (χ1v) is 8.50. The number of nitrogens with one attached hydrogen (secondary N) is 1. The van der Waals surface area contributed by atoms with Crippen LogP contribution in [0, 0.1) is 5.82 Å². The van der Waals surface area contributed by atoms with Gasteiger partial charge in [0.05, 0.1) is 6.42 Å². The van der Waals surface area contributed by atoms with Crippen LogP contribution in [0.2, 0.25) is 0 Å². The SMILES string of the molecule is O=C(NC1CCN(C(=O)Cc2ccccc2)CC1)c1cccc(F)c1. The fourth-order valence-electron chi connectivity index (χ4n) is 3.05. The number of hydrogen-bond acceptors (Lipinski definition) is 2. The fraction of sp³-hybridized carbons (Fsp3) is 0.300. The van der Waals surface area contributed by atoms with Crippen molar-refractivity contribution >= 4 is 11.8 Å². The molecule has 1 saturated heterocycles. The largest absolute Gasteiger partial charge is 0.349 e. The molecule has 3 rings (SSSR count). The number of likely N-dealkylation sites (tertiary alicyclic amines) is 1. The number of rotatable bonds is 4. The molecule has 2 amide bonds. The van der Waals surface area contributed by atoms with Gasteiger partial charge in [0.2, 0.25) is 5.91 Å². The number of nitrogens with zero attached hydrogens (tertiary/aromatic N) is 1. The van der Waals surface area contributed by atoms with Gasteiger partial charge in [0, 0.05) is 24.7 Å². The van der Waals surface area contributed by atoms with Crippen molar-refractivity contribution in [2.24, 2.45) is 0 Å². The lowest BCUT2D eigenvalue weighted by molar-refractivity contribution is -0.131. The average Bonchev–Trinajstić information content (AvgIpc) is 2.63. The predicted molar refractivity (Wildman–Crippen MR) is 93.6 cm³/mol. The Labute approximate surface area is 146 Å². The van der Waals surface area contributed by atoms with Gasteiger partial charge >= 0.3 is 0 Å².